The second kappa shape index (κ2) is 8.37. The maximum absolute atomic E-state index is 13.1. The van der Waals surface area contributed by atoms with Gasteiger partial charge in [0.25, 0.3) is 0 Å². The summed E-state index contributed by atoms with van der Waals surface area (Å²) in [5, 5.41) is 0.369. The van der Waals surface area contributed by atoms with Crippen molar-refractivity contribution in [2.45, 2.75) is 11.8 Å². The minimum absolute atomic E-state index is 0.120. The summed E-state index contributed by atoms with van der Waals surface area (Å²) in [5.41, 5.74) is 1.05. The first-order valence-corrected chi connectivity index (χ1v) is 10.6. The molecular weight excluding hydrogens is 388 g/mol. The maximum atomic E-state index is 13.1. The van der Waals surface area contributed by atoms with E-state index in [1.54, 1.807) is 19.2 Å². The normalized spacial score (nSPS) is 15.6. The van der Waals surface area contributed by atoms with Crippen LogP contribution in [0.25, 0.3) is 0 Å². The third-order valence-electron chi connectivity index (χ3n) is 4.50. The van der Waals surface area contributed by atoms with Crippen LogP contribution in [0, 0.1) is 0 Å². The summed E-state index contributed by atoms with van der Waals surface area (Å²) >= 11 is 6.03. The van der Waals surface area contributed by atoms with Crippen molar-refractivity contribution in [1.29, 1.82) is 0 Å². The van der Waals surface area contributed by atoms with Crippen molar-refractivity contribution in [2.75, 3.05) is 44.8 Å². The number of methoxy groups -OCH3 is 1. The summed E-state index contributed by atoms with van der Waals surface area (Å²) in [5.74, 6) is 1.13. The molecule has 2 aromatic carbocycles. The number of halogens is 1. The number of anilines is 1. The molecule has 1 fully saturated rings. The SMILES string of the molecule is CCOc1ccc(Cl)cc1S(=O)(=O)N1CCN(c2ccc(OC)cc2)CC1. The summed E-state index contributed by atoms with van der Waals surface area (Å²) in [7, 11) is -2.05. The molecule has 0 N–H and O–H groups in total. The Morgan fingerprint density at radius 2 is 1.70 bits per heavy atom. The third kappa shape index (κ3) is 4.31. The molecule has 27 heavy (non-hydrogen) atoms. The average molecular weight is 411 g/mol. The van der Waals surface area contributed by atoms with Crippen LogP contribution in [0.1, 0.15) is 6.92 Å². The lowest BCUT2D eigenvalue weighted by Crippen LogP contribution is -2.48. The monoisotopic (exact) mass is 410 g/mol. The number of sulfonamides is 1. The van der Waals surface area contributed by atoms with Gasteiger partial charge in [0.15, 0.2) is 0 Å². The molecular formula is C19H23ClN2O4S. The minimum Gasteiger partial charge on any atom is -0.497 e. The summed E-state index contributed by atoms with van der Waals surface area (Å²) in [6.07, 6.45) is 0. The molecule has 0 radical (unpaired) electrons. The van der Waals surface area contributed by atoms with Gasteiger partial charge in [0.05, 0.1) is 13.7 Å². The van der Waals surface area contributed by atoms with Crippen LogP contribution in [-0.2, 0) is 10.0 Å². The van der Waals surface area contributed by atoms with Crippen LogP contribution in [0.4, 0.5) is 5.69 Å². The first kappa shape index (κ1) is 19.8. The first-order valence-electron chi connectivity index (χ1n) is 8.77. The van der Waals surface area contributed by atoms with E-state index < -0.39 is 10.0 Å². The smallest absolute Gasteiger partial charge is 0.246 e. The molecule has 1 saturated heterocycles. The lowest BCUT2D eigenvalue weighted by atomic mass is 10.2. The van der Waals surface area contributed by atoms with Crippen LogP contribution in [0.15, 0.2) is 47.4 Å². The number of ether oxygens (including phenoxy) is 2. The Morgan fingerprint density at radius 3 is 2.30 bits per heavy atom. The topological polar surface area (TPSA) is 59.1 Å². The molecule has 1 aliphatic rings. The van der Waals surface area contributed by atoms with E-state index in [0.29, 0.717) is 43.6 Å². The van der Waals surface area contributed by atoms with Crippen molar-refractivity contribution in [1.82, 2.24) is 4.31 Å². The predicted octanol–water partition coefficient (Wildman–Crippen LogP) is 3.26. The van der Waals surface area contributed by atoms with Crippen molar-refractivity contribution in [3.05, 3.63) is 47.5 Å². The number of rotatable bonds is 6. The van der Waals surface area contributed by atoms with Crippen molar-refractivity contribution in [3.63, 3.8) is 0 Å². The quantitative estimate of drug-likeness (QED) is 0.731. The van der Waals surface area contributed by atoms with E-state index in [4.69, 9.17) is 21.1 Å². The molecule has 0 atom stereocenters. The van der Waals surface area contributed by atoms with E-state index in [-0.39, 0.29) is 4.90 Å². The van der Waals surface area contributed by atoms with E-state index in [1.165, 1.54) is 10.4 Å². The Kier molecular flexibility index (Phi) is 6.14. The van der Waals surface area contributed by atoms with Gasteiger partial charge in [-0.25, -0.2) is 8.42 Å². The maximum Gasteiger partial charge on any atom is 0.246 e. The molecule has 0 bridgehead atoms. The Balaban J connectivity index is 1.75. The number of benzene rings is 2. The van der Waals surface area contributed by atoms with E-state index >= 15 is 0 Å². The highest BCUT2D eigenvalue weighted by molar-refractivity contribution is 7.89. The van der Waals surface area contributed by atoms with Gasteiger partial charge in [-0.1, -0.05) is 11.6 Å². The zero-order valence-corrected chi connectivity index (χ0v) is 17.0. The molecule has 3 rings (SSSR count). The van der Waals surface area contributed by atoms with E-state index in [1.807, 2.05) is 31.2 Å². The number of nitrogens with zero attached hydrogens (tertiary/aromatic N) is 2. The van der Waals surface area contributed by atoms with E-state index in [2.05, 4.69) is 4.90 Å². The fraction of sp³-hybridized carbons (Fsp3) is 0.368. The molecule has 6 nitrogen and oxygen atoms in total. The van der Waals surface area contributed by atoms with Gasteiger partial charge in [0.2, 0.25) is 10.0 Å². The Labute approximate surface area is 165 Å². The molecule has 0 unspecified atom stereocenters. The number of hydrogen-bond acceptors (Lipinski definition) is 5. The van der Waals surface area contributed by atoms with E-state index in [9.17, 15) is 8.42 Å². The fourth-order valence-electron chi connectivity index (χ4n) is 3.08. The van der Waals surface area contributed by atoms with Gasteiger partial charge in [-0.15, -0.1) is 0 Å². The lowest BCUT2D eigenvalue weighted by molar-refractivity contribution is 0.327. The lowest BCUT2D eigenvalue weighted by Gasteiger charge is -2.35. The Hall–Kier alpha value is -1.96. The Bertz CT molecular complexity index is 879. The highest BCUT2D eigenvalue weighted by Gasteiger charge is 2.31. The third-order valence-corrected chi connectivity index (χ3v) is 6.65. The predicted molar refractivity (Wildman–Crippen MR) is 107 cm³/mol. The molecule has 8 heteroatoms. The van der Waals surface area contributed by atoms with Gasteiger partial charge < -0.3 is 14.4 Å². The highest BCUT2D eigenvalue weighted by Crippen LogP contribution is 2.31. The van der Waals surface area contributed by atoms with Crippen LogP contribution in [0.2, 0.25) is 5.02 Å². The minimum atomic E-state index is -3.68. The largest absolute Gasteiger partial charge is 0.497 e. The molecule has 2 aromatic rings. The van der Waals surface area contributed by atoms with Crippen LogP contribution >= 0.6 is 11.6 Å². The van der Waals surface area contributed by atoms with Crippen LogP contribution < -0.4 is 14.4 Å². The summed E-state index contributed by atoms with van der Waals surface area (Å²) in [6, 6.07) is 12.5. The second-order valence-electron chi connectivity index (χ2n) is 6.11. The highest BCUT2D eigenvalue weighted by atomic mass is 35.5. The second-order valence-corrected chi connectivity index (χ2v) is 8.46. The fourth-order valence-corrected chi connectivity index (χ4v) is 4.89. The molecule has 0 aromatic heterocycles. The average Bonchev–Trinajstić information content (AvgIpc) is 2.69. The standard InChI is InChI=1S/C19H23ClN2O4S/c1-3-26-18-9-4-15(20)14-19(18)27(23,24)22-12-10-21(11-13-22)16-5-7-17(25-2)8-6-16/h4-9,14H,3,10-13H2,1-2H3. The summed E-state index contributed by atoms with van der Waals surface area (Å²) in [6.45, 7) is 4.21. The number of hydrogen-bond donors (Lipinski definition) is 0. The molecule has 0 aliphatic carbocycles. The van der Waals surface area contributed by atoms with Crippen LogP contribution in [-0.4, -0.2) is 52.6 Å². The first-order chi connectivity index (χ1) is 13.0. The van der Waals surface area contributed by atoms with Gasteiger partial charge in [-0.2, -0.15) is 4.31 Å². The molecule has 0 spiro atoms. The van der Waals surface area contributed by atoms with E-state index in [0.717, 1.165) is 11.4 Å². The zero-order valence-electron chi connectivity index (χ0n) is 15.4. The van der Waals surface area contributed by atoms with Crippen molar-refractivity contribution < 1.29 is 17.9 Å². The molecule has 0 saturated carbocycles. The molecule has 1 heterocycles. The van der Waals surface area contributed by atoms with Gasteiger partial charge in [0.1, 0.15) is 16.4 Å². The van der Waals surface area contributed by atoms with Crippen molar-refractivity contribution in [3.8, 4) is 11.5 Å². The van der Waals surface area contributed by atoms with Gasteiger partial charge in [-0.3, -0.25) is 0 Å². The molecule has 146 valence electrons. The van der Waals surface area contributed by atoms with Crippen LogP contribution in [0.5, 0.6) is 11.5 Å². The summed E-state index contributed by atoms with van der Waals surface area (Å²) in [4.78, 5) is 2.28. The van der Waals surface area contributed by atoms with Crippen molar-refractivity contribution in [2.24, 2.45) is 0 Å². The van der Waals surface area contributed by atoms with Crippen LogP contribution in [0.3, 0.4) is 0 Å². The Morgan fingerprint density at radius 1 is 1.04 bits per heavy atom. The van der Waals surface area contributed by atoms with Gasteiger partial charge in [-0.05, 0) is 49.4 Å². The van der Waals surface area contributed by atoms with Crippen molar-refractivity contribution >= 4 is 27.3 Å². The van der Waals surface area contributed by atoms with Gasteiger partial charge >= 0.3 is 0 Å². The zero-order chi connectivity index (χ0) is 19.4. The molecule has 0 amide bonds. The van der Waals surface area contributed by atoms with Gasteiger partial charge in [0, 0.05) is 36.9 Å². The molecule has 1 aliphatic heterocycles. The summed E-state index contributed by atoms with van der Waals surface area (Å²) < 4.78 is 38.4. The number of piperazine rings is 1.